The number of hydrogen-bond acceptors (Lipinski definition) is 4. The lowest BCUT2D eigenvalue weighted by atomic mass is 9.98. The number of aryl methyl sites for hydroxylation is 1. The number of amides is 2. The number of carbonyl (C=O) groups is 1. The first kappa shape index (κ1) is 20.2. The van der Waals surface area contributed by atoms with Crippen molar-refractivity contribution in [3.8, 4) is 5.75 Å². The molecule has 0 bridgehead atoms. The maximum absolute atomic E-state index is 12.8. The molecule has 1 aromatic heterocycles. The van der Waals surface area contributed by atoms with Gasteiger partial charge < -0.3 is 24.3 Å². The molecule has 7 nitrogen and oxygen atoms in total. The van der Waals surface area contributed by atoms with Crippen molar-refractivity contribution in [1.29, 1.82) is 0 Å². The standard InChI is InChI=1S/C21H30N4O3/c1-4-28-19-10-6-5-9-18(19)23-21(26)24-11-7-8-17(13-24)14-25-16(2)12-22-20(25)15-27-3/h5-6,9-10,12,17H,4,7-8,11,13-15H2,1-3H3,(H,23,26). The molecule has 1 saturated heterocycles. The average molecular weight is 386 g/mol. The number of para-hydroxylation sites is 2. The van der Waals surface area contributed by atoms with Crippen molar-refractivity contribution in [3.63, 3.8) is 0 Å². The van der Waals surface area contributed by atoms with Gasteiger partial charge in [0.15, 0.2) is 0 Å². The number of imidazole rings is 1. The average Bonchev–Trinajstić information content (AvgIpc) is 3.04. The summed E-state index contributed by atoms with van der Waals surface area (Å²) < 4.78 is 13.1. The normalized spacial score (nSPS) is 16.8. The topological polar surface area (TPSA) is 68.6 Å². The number of benzene rings is 1. The molecule has 1 atom stereocenters. The molecular weight excluding hydrogens is 356 g/mol. The first-order chi connectivity index (χ1) is 13.6. The second-order valence-corrected chi connectivity index (χ2v) is 7.17. The molecular formula is C21H30N4O3. The first-order valence-corrected chi connectivity index (χ1v) is 9.90. The fourth-order valence-electron chi connectivity index (χ4n) is 3.71. The maximum Gasteiger partial charge on any atom is 0.321 e. The third-order valence-electron chi connectivity index (χ3n) is 5.09. The van der Waals surface area contributed by atoms with Gasteiger partial charge in [-0.05, 0) is 44.7 Å². The summed E-state index contributed by atoms with van der Waals surface area (Å²) in [5.41, 5.74) is 1.84. The Morgan fingerprint density at radius 3 is 2.96 bits per heavy atom. The number of methoxy groups -OCH3 is 1. The van der Waals surface area contributed by atoms with Gasteiger partial charge in [-0.3, -0.25) is 0 Å². The van der Waals surface area contributed by atoms with E-state index in [1.807, 2.05) is 42.3 Å². The van der Waals surface area contributed by atoms with Crippen LogP contribution in [-0.4, -0.2) is 47.3 Å². The Balaban J connectivity index is 1.63. The minimum atomic E-state index is -0.0729. The van der Waals surface area contributed by atoms with Gasteiger partial charge in [0.2, 0.25) is 0 Å². The van der Waals surface area contributed by atoms with Crippen LogP contribution >= 0.6 is 0 Å². The second-order valence-electron chi connectivity index (χ2n) is 7.17. The highest BCUT2D eigenvalue weighted by Gasteiger charge is 2.25. The summed E-state index contributed by atoms with van der Waals surface area (Å²) in [6, 6.07) is 7.48. The van der Waals surface area contributed by atoms with Gasteiger partial charge in [-0.2, -0.15) is 0 Å². The third-order valence-corrected chi connectivity index (χ3v) is 5.09. The SMILES string of the molecule is CCOc1ccccc1NC(=O)N1CCCC(Cn2c(C)cnc2COC)C1. The van der Waals surface area contributed by atoms with Crippen LogP contribution in [0.3, 0.4) is 0 Å². The second kappa shape index (κ2) is 9.59. The molecule has 1 unspecified atom stereocenters. The Morgan fingerprint density at radius 1 is 1.36 bits per heavy atom. The molecule has 1 aliphatic rings. The lowest BCUT2D eigenvalue weighted by Crippen LogP contribution is -2.43. The van der Waals surface area contributed by atoms with E-state index in [9.17, 15) is 4.79 Å². The molecule has 0 saturated carbocycles. The van der Waals surface area contributed by atoms with E-state index < -0.39 is 0 Å². The zero-order chi connectivity index (χ0) is 19.9. The van der Waals surface area contributed by atoms with E-state index in [1.165, 1.54) is 0 Å². The van der Waals surface area contributed by atoms with Crippen LogP contribution in [0.1, 0.15) is 31.3 Å². The first-order valence-electron chi connectivity index (χ1n) is 9.90. The number of ether oxygens (including phenoxy) is 2. The van der Waals surface area contributed by atoms with Gasteiger partial charge in [0.05, 0.1) is 12.3 Å². The van der Waals surface area contributed by atoms with E-state index in [0.717, 1.165) is 44.0 Å². The van der Waals surface area contributed by atoms with Crippen LogP contribution < -0.4 is 10.1 Å². The molecule has 1 N–H and O–H groups in total. The summed E-state index contributed by atoms with van der Waals surface area (Å²) in [6.07, 6.45) is 3.98. The van der Waals surface area contributed by atoms with Crippen molar-refractivity contribution in [1.82, 2.24) is 14.5 Å². The summed E-state index contributed by atoms with van der Waals surface area (Å²) in [5, 5.41) is 3.01. The minimum absolute atomic E-state index is 0.0729. The minimum Gasteiger partial charge on any atom is -0.492 e. The Bertz CT molecular complexity index is 790. The smallest absolute Gasteiger partial charge is 0.321 e. The van der Waals surface area contributed by atoms with Crippen LogP contribution in [0.25, 0.3) is 0 Å². The molecule has 0 spiro atoms. The molecule has 28 heavy (non-hydrogen) atoms. The van der Waals surface area contributed by atoms with E-state index in [4.69, 9.17) is 9.47 Å². The summed E-state index contributed by atoms with van der Waals surface area (Å²) >= 11 is 0. The van der Waals surface area contributed by atoms with Crippen LogP contribution in [0.2, 0.25) is 0 Å². The molecule has 7 heteroatoms. The van der Waals surface area contributed by atoms with Crippen molar-refractivity contribution >= 4 is 11.7 Å². The van der Waals surface area contributed by atoms with Crippen molar-refractivity contribution in [3.05, 3.63) is 42.0 Å². The highest BCUT2D eigenvalue weighted by Crippen LogP contribution is 2.25. The highest BCUT2D eigenvalue weighted by atomic mass is 16.5. The maximum atomic E-state index is 12.8. The lowest BCUT2D eigenvalue weighted by molar-refractivity contribution is 0.159. The highest BCUT2D eigenvalue weighted by molar-refractivity contribution is 5.91. The van der Waals surface area contributed by atoms with Gasteiger partial charge in [-0.25, -0.2) is 9.78 Å². The number of likely N-dealkylation sites (tertiary alicyclic amines) is 1. The summed E-state index contributed by atoms with van der Waals surface area (Å²) in [7, 11) is 1.68. The van der Waals surface area contributed by atoms with E-state index in [1.54, 1.807) is 7.11 Å². The number of urea groups is 1. The Kier molecular flexibility index (Phi) is 6.92. The number of nitrogens with one attached hydrogen (secondary N) is 1. The van der Waals surface area contributed by atoms with E-state index in [2.05, 4.69) is 21.8 Å². The number of anilines is 1. The largest absolute Gasteiger partial charge is 0.492 e. The number of rotatable bonds is 7. The predicted molar refractivity (Wildman–Crippen MR) is 109 cm³/mol. The fourth-order valence-corrected chi connectivity index (χ4v) is 3.71. The van der Waals surface area contributed by atoms with Crippen molar-refractivity contribution < 1.29 is 14.3 Å². The number of nitrogens with zero attached hydrogens (tertiary/aromatic N) is 3. The van der Waals surface area contributed by atoms with Gasteiger partial charge >= 0.3 is 6.03 Å². The zero-order valence-corrected chi connectivity index (χ0v) is 17.0. The predicted octanol–water partition coefficient (Wildman–Crippen LogP) is 3.68. The molecule has 1 fully saturated rings. The molecule has 0 aliphatic carbocycles. The molecule has 152 valence electrons. The summed E-state index contributed by atoms with van der Waals surface area (Å²) in [4.78, 5) is 19.2. The van der Waals surface area contributed by atoms with Crippen molar-refractivity contribution in [2.24, 2.45) is 5.92 Å². The fraction of sp³-hybridized carbons (Fsp3) is 0.524. The van der Waals surface area contributed by atoms with Crippen LogP contribution in [0.4, 0.5) is 10.5 Å². The van der Waals surface area contributed by atoms with Gasteiger partial charge in [-0.1, -0.05) is 12.1 Å². The van der Waals surface area contributed by atoms with Crippen molar-refractivity contribution in [2.45, 2.75) is 39.8 Å². The Labute approximate surface area is 166 Å². The Hall–Kier alpha value is -2.54. The summed E-state index contributed by atoms with van der Waals surface area (Å²) in [6.45, 7) is 7.41. The van der Waals surface area contributed by atoms with E-state index in [-0.39, 0.29) is 6.03 Å². The monoisotopic (exact) mass is 386 g/mol. The Morgan fingerprint density at radius 2 is 2.18 bits per heavy atom. The van der Waals surface area contributed by atoms with E-state index >= 15 is 0 Å². The van der Waals surface area contributed by atoms with E-state index in [0.29, 0.717) is 30.6 Å². The lowest BCUT2D eigenvalue weighted by Gasteiger charge is -2.33. The zero-order valence-electron chi connectivity index (χ0n) is 17.0. The van der Waals surface area contributed by atoms with Crippen LogP contribution in [0.5, 0.6) is 5.75 Å². The molecule has 1 aromatic carbocycles. The quantitative estimate of drug-likeness (QED) is 0.788. The number of carbonyl (C=O) groups excluding carboxylic acids is 1. The van der Waals surface area contributed by atoms with Gasteiger partial charge in [0, 0.05) is 38.6 Å². The number of piperidine rings is 1. The van der Waals surface area contributed by atoms with Crippen LogP contribution in [-0.2, 0) is 17.9 Å². The molecule has 2 amide bonds. The third kappa shape index (κ3) is 4.84. The van der Waals surface area contributed by atoms with Gasteiger partial charge in [-0.15, -0.1) is 0 Å². The summed E-state index contributed by atoms with van der Waals surface area (Å²) in [5.74, 6) is 2.03. The molecule has 1 aliphatic heterocycles. The molecule has 2 aromatic rings. The van der Waals surface area contributed by atoms with Gasteiger partial charge in [0.25, 0.3) is 0 Å². The van der Waals surface area contributed by atoms with Gasteiger partial charge in [0.1, 0.15) is 18.2 Å². The van der Waals surface area contributed by atoms with Crippen LogP contribution in [0.15, 0.2) is 30.5 Å². The molecule has 0 radical (unpaired) electrons. The molecule has 3 rings (SSSR count). The molecule has 2 heterocycles. The van der Waals surface area contributed by atoms with Crippen LogP contribution in [0, 0.1) is 12.8 Å². The van der Waals surface area contributed by atoms with Crippen molar-refractivity contribution in [2.75, 3.05) is 32.1 Å². The number of hydrogen-bond donors (Lipinski definition) is 1. The number of aromatic nitrogens is 2.